The highest BCUT2D eigenvalue weighted by molar-refractivity contribution is 7.89. The number of rotatable bonds is 6. The Morgan fingerprint density at radius 1 is 0.886 bits per heavy atom. The highest BCUT2D eigenvalue weighted by atomic mass is 32.2. The van der Waals surface area contributed by atoms with Crippen LogP contribution in [0.5, 0.6) is 11.5 Å². The van der Waals surface area contributed by atoms with Crippen LogP contribution in [0.2, 0.25) is 0 Å². The van der Waals surface area contributed by atoms with E-state index < -0.39 is 15.9 Å². The summed E-state index contributed by atoms with van der Waals surface area (Å²) in [6.07, 6.45) is 0. The van der Waals surface area contributed by atoms with E-state index in [0.717, 1.165) is 5.56 Å². The summed E-state index contributed by atoms with van der Waals surface area (Å²) in [5.74, 6) is 0.572. The number of ether oxygens (including phenoxy) is 1. The van der Waals surface area contributed by atoms with E-state index in [9.17, 15) is 18.0 Å². The molecule has 8 nitrogen and oxygen atoms in total. The van der Waals surface area contributed by atoms with Crippen molar-refractivity contribution >= 4 is 27.5 Å². The zero-order chi connectivity index (χ0) is 25.0. The summed E-state index contributed by atoms with van der Waals surface area (Å²) in [7, 11) is -3.80. The van der Waals surface area contributed by atoms with Crippen LogP contribution in [0.3, 0.4) is 0 Å². The van der Waals surface area contributed by atoms with Crippen molar-refractivity contribution < 1.29 is 22.7 Å². The molecule has 0 bridgehead atoms. The minimum absolute atomic E-state index is 0.0330. The molecule has 2 amide bonds. The summed E-state index contributed by atoms with van der Waals surface area (Å²) in [5.41, 5.74) is 1.78. The van der Waals surface area contributed by atoms with Crippen molar-refractivity contribution in [2.45, 2.75) is 18.7 Å². The van der Waals surface area contributed by atoms with Crippen LogP contribution in [0.15, 0.2) is 77.7 Å². The zero-order valence-corrected chi connectivity index (χ0v) is 20.4. The molecule has 1 fully saturated rings. The molecule has 0 saturated carbocycles. The van der Waals surface area contributed by atoms with Gasteiger partial charge in [-0.05, 0) is 49.4 Å². The molecule has 0 unspecified atom stereocenters. The number of amides is 2. The zero-order valence-electron chi connectivity index (χ0n) is 19.6. The van der Waals surface area contributed by atoms with Gasteiger partial charge in [-0.3, -0.25) is 9.59 Å². The van der Waals surface area contributed by atoms with Gasteiger partial charge in [0.15, 0.2) is 5.75 Å². The standard InChI is InChI=1S/C26H27N3O5S/c1-19-10-12-22(13-11-19)34-25-9-4-3-8-24(25)27-26(31)21-6-5-7-23(18-21)35(32,33)29-16-14-28(15-17-29)20(2)30/h3-13,18H,14-17H2,1-2H3,(H,27,31). The first-order chi connectivity index (χ1) is 16.7. The van der Waals surface area contributed by atoms with Crippen LogP contribution >= 0.6 is 0 Å². The molecule has 0 spiro atoms. The first-order valence-corrected chi connectivity index (χ1v) is 12.7. The maximum atomic E-state index is 13.1. The lowest BCUT2D eigenvalue weighted by atomic mass is 10.2. The second-order valence-electron chi connectivity index (χ2n) is 8.30. The number of anilines is 1. The van der Waals surface area contributed by atoms with Gasteiger partial charge in [0.05, 0.1) is 10.6 Å². The molecule has 1 aliphatic rings. The van der Waals surface area contributed by atoms with Crippen molar-refractivity contribution in [1.29, 1.82) is 0 Å². The van der Waals surface area contributed by atoms with E-state index >= 15 is 0 Å². The van der Waals surface area contributed by atoms with Crippen LogP contribution in [0.1, 0.15) is 22.8 Å². The molecule has 0 aromatic heterocycles. The van der Waals surface area contributed by atoms with Crippen LogP contribution in [0, 0.1) is 6.92 Å². The van der Waals surface area contributed by atoms with Crippen molar-refractivity contribution in [2.75, 3.05) is 31.5 Å². The fraction of sp³-hybridized carbons (Fsp3) is 0.231. The third-order valence-electron chi connectivity index (χ3n) is 5.80. The normalized spacial score (nSPS) is 14.4. The van der Waals surface area contributed by atoms with Crippen molar-refractivity contribution in [3.63, 3.8) is 0 Å². The second-order valence-corrected chi connectivity index (χ2v) is 10.2. The Morgan fingerprint density at radius 3 is 2.26 bits per heavy atom. The largest absolute Gasteiger partial charge is 0.455 e. The highest BCUT2D eigenvalue weighted by Crippen LogP contribution is 2.30. The summed E-state index contributed by atoms with van der Waals surface area (Å²) in [5, 5.41) is 2.82. The van der Waals surface area contributed by atoms with E-state index in [4.69, 9.17) is 4.74 Å². The van der Waals surface area contributed by atoms with Crippen LogP contribution in [0.25, 0.3) is 0 Å². The predicted molar refractivity (Wildman–Crippen MR) is 133 cm³/mol. The first kappa shape index (κ1) is 24.4. The molecular formula is C26H27N3O5S. The minimum atomic E-state index is -3.80. The smallest absolute Gasteiger partial charge is 0.255 e. The van der Waals surface area contributed by atoms with Gasteiger partial charge in [-0.15, -0.1) is 0 Å². The number of carbonyl (C=O) groups is 2. The quantitative estimate of drug-likeness (QED) is 0.562. The van der Waals surface area contributed by atoms with E-state index in [1.807, 2.05) is 31.2 Å². The number of benzene rings is 3. The van der Waals surface area contributed by atoms with Crippen LogP contribution in [-0.2, 0) is 14.8 Å². The molecule has 0 atom stereocenters. The Morgan fingerprint density at radius 2 is 1.57 bits per heavy atom. The van der Waals surface area contributed by atoms with E-state index in [0.29, 0.717) is 30.3 Å². The minimum Gasteiger partial charge on any atom is -0.455 e. The van der Waals surface area contributed by atoms with Crippen LogP contribution in [0.4, 0.5) is 5.69 Å². The summed E-state index contributed by atoms with van der Waals surface area (Å²) in [4.78, 5) is 26.2. The number of hydrogen-bond donors (Lipinski definition) is 1. The molecule has 4 rings (SSSR count). The molecule has 1 aliphatic heterocycles. The van der Waals surface area contributed by atoms with Gasteiger partial charge in [-0.2, -0.15) is 4.31 Å². The second kappa shape index (κ2) is 10.3. The SMILES string of the molecule is CC(=O)N1CCN(S(=O)(=O)c2cccc(C(=O)Nc3ccccc3Oc3ccc(C)cc3)c2)CC1. The van der Waals surface area contributed by atoms with Gasteiger partial charge in [0.2, 0.25) is 15.9 Å². The Labute approximate surface area is 205 Å². The number of aryl methyl sites for hydroxylation is 1. The fourth-order valence-electron chi connectivity index (χ4n) is 3.78. The van der Waals surface area contributed by atoms with Gasteiger partial charge < -0.3 is 15.0 Å². The number of nitrogens with zero attached hydrogens (tertiary/aromatic N) is 2. The molecule has 182 valence electrons. The van der Waals surface area contributed by atoms with Gasteiger partial charge in [-0.1, -0.05) is 35.9 Å². The summed E-state index contributed by atoms with van der Waals surface area (Å²) >= 11 is 0. The third-order valence-corrected chi connectivity index (χ3v) is 7.70. The summed E-state index contributed by atoms with van der Waals surface area (Å²) in [6.45, 7) is 4.55. The maximum absolute atomic E-state index is 13.1. The molecular weight excluding hydrogens is 466 g/mol. The Kier molecular flexibility index (Phi) is 7.18. The molecule has 35 heavy (non-hydrogen) atoms. The van der Waals surface area contributed by atoms with Gasteiger partial charge in [0, 0.05) is 38.7 Å². The van der Waals surface area contributed by atoms with Gasteiger partial charge in [-0.25, -0.2) is 8.42 Å². The Bertz CT molecular complexity index is 1330. The van der Waals surface area contributed by atoms with Crippen molar-refractivity contribution in [1.82, 2.24) is 9.21 Å². The number of nitrogens with one attached hydrogen (secondary N) is 1. The lowest BCUT2D eigenvalue weighted by molar-refractivity contribution is -0.129. The maximum Gasteiger partial charge on any atom is 0.255 e. The van der Waals surface area contributed by atoms with Gasteiger partial charge >= 0.3 is 0 Å². The Hall–Kier alpha value is -3.69. The molecule has 1 saturated heterocycles. The third kappa shape index (κ3) is 5.70. The summed E-state index contributed by atoms with van der Waals surface area (Å²) in [6, 6.07) is 20.5. The number of sulfonamides is 1. The van der Waals surface area contributed by atoms with E-state index in [2.05, 4.69) is 5.32 Å². The number of carbonyl (C=O) groups excluding carboxylic acids is 2. The molecule has 0 aliphatic carbocycles. The lowest BCUT2D eigenvalue weighted by Gasteiger charge is -2.33. The van der Waals surface area contributed by atoms with Gasteiger partial charge in [0.25, 0.3) is 5.91 Å². The molecule has 3 aromatic carbocycles. The van der Waals surface area contributed by atoms with E-state index in [1.54, 1.807) is 41.3 Å². The molecule has 1 N–H and O–H groups in total. The van der Waals surface area contributed by atoms with Crippen LogP contribution < -0.4 is 10.1 Å². The van der Waals surface area contributed by atoms with E-state index in [-0.39, 0.29) is 29.5 Å². The molecule has 0 radical (unpaired) electrons. The molecule has 3 aromatic rings. The van der Waals surface area contributed by atoms with Crippen molar-refractivity contribution in [2.24, 2.45) is 0 Å². The van der Waals surface area contributed by atoms with Crippen LogP contribution in [-0.4, -0.2) is 55.6 Å². The monoisotopic (exact) mass is 493 g/mol. The van der Waals surface area contributed by atoms with Crippen molar-refractivity contribution in [3.8, 4) is 11.5 Å². The fourth-order valence-corrected chi connectivity index (χ4v) is 5.25. The first-order valence-electron chi connectivity index (χ1n) is 11.2. The average molecular weight is 494 g/mol. The topological polar surface area (TPSA) is 96.0 Å². The molecule has 1 heterocycles. The predicted octanol–water partition coefficient (Wildman–Crippen LogP) is 3.89. The highest BCUT2D eigenvalue weighted by Gasteiger charge is 2.29. The van der Waals surface area contributed by atoms with E-state index in [1.165, 1.54) is 23.4 Å². The Balaban J connectivity index is 1.50. The summed E-state index contributed by atoms with van der Waals surface area (Å²) < 4.78 is 33.6. The number of hydrogen-bond acceptors (Lipinski definition) is 5. The lowest BCUT2D eigenvalue weighted by Crippen LogP contribution is -2.49. The van der Waals surface area contributed by atoms with Gasteiger partial charge in [0.1, 0.15) is 5.75 Å². The molecule has 9 heteroatoms. The number of para-hydroxylation sites is 2. The average Bonchev–Trinajstić information content (AvgIpc) is 2.86. The van der Waals surface area contributed by atoms with Crippen molar-refractivity contribution in [3.05, 3.63) is 83.9 Å². The number of piperazine rings is 1.